The Kier molecular flexibility index (Phi) is 5.24. The maximum atomic E-state index is 13.9. The molecule has 0 saturated heterocycles. The van der Waals surface area contributed by atoms with Crippen LogP contribution in [0.1, 0.15) is 18.1 Å². The van der Waals surface area contributed by atoms with Crippen LogP contribution in [0, 0.1) is 17.5 Å². The number of aromatic nitrogens is 2. The molecule has 1 aliphatic heterocycles. The lowest BCUT2D eigenvalue weighted by molar-refractivity contribution is -0.122. The predicted octanol–water partition coefficient (Wildman–Crippen LogP) is 6.34. The molecule has 1 aliphatic rings. The lowest BCUT2D eigenvalue weighted by atomic mass is 9.77. The van der Waals surface area contributed by atoms with E-state index in [0.29, 0.717) is 28.2 Å². The molecule has 34 heavy (non-hydrogen) atoms. The van der Waals surface area contributed by atoms with Crippen LogP contribution in [0.15, 0.2) is 67.1 Å². The number of hydrogen-bond donors (Lipinski definition) is 0. The largest absolute Gasteiger partial charge is 0.338 e. The smallest absolute Gasteiger partial charge is 0.243 e. The van der Waals surface area contributed by atoms with Crippen LogP contribution < -0.4 is 4.90 Å². The monoisotopic (exact) mass is 481 g/mol. The minimum absolute atomic E-state index is 0.0119. The number of nitrogens with zero attached hydrogens (tertiary/aromatic N) is 3. The molecule has 5 rings (SSSR count). The van der Waals surface area contributed by atoms with Gasteiger partial charge in [0, 0.05) is 19.3 Å². The molecule has 2 heterocycles. The van der Waals surface area contributed by atoms with Crippen LogP contribution in [-0.2, 0) is 23.7 Å². The van der Waals surface area contributed by atoms with Gasteiger partial charge in [0.1, 0.15) is 17.5 Å². The molecule has 8 heteroatoms. The van der Waals surface area contributed by atoms with Crippen LogP contribution >= 0.6 is 11.6 Å². The number of aryl methyl sites for hydroxylation is 1. The van der Waals surface area contributed by atoms with E-state index in [1.807, 2.05) is 12.1 Å². The minimum atomic E-state index is -1.13. The quantitative estimate of drug-likeness (QED) is 0.341. The first-order valence-corrected chi connectivity index (χ1v) is 10.9. The molecule has 1 unspecified atom stereocenters. The van der Waals surface area contributed by atoms with Crippen molar-refractivity contribution in [1.82, 2.24) is 9.55 Å². The van der Waals surface area contributed by atoms with Crippen molar-refractivity contribution in [3.8, 4) is 11.1 Å². The van der Waals surface area contributed by atoms with Crippen LogP contribution in [0.4, 0.5) is 24.7 Å². The predicted molar refractivity (Wildman–Crippen MR) is 125 cm³/mol. The summed E-state index contributed by atoms with van der Waals surface area (Å²) in [5, 5.41) is -0.0119. The topological polar surface area (TPSA) is 38.1 Å². The molecular weight excluding hydrogens is 463 g/mol. The molecule has 0 spiro atoms. The average molecular weight is 482 g/mol. The Morgan fingerprint density at radius 1 is 0.971 bits per heavy atom. The first-order chi connectivity index (χ1) is 16.2. The third-order valence-corrected chi connectivity index (χ3v) is 6.45. The van der Waals surface area contributed by atoms with E-state index in [1.165, 1.54) is 29.2 Å². The fraction of sp³-hybridized carbons (Fsp3) is 0.154. The molecule has 0 radical (unpaired) electrons. The number of hydrogen-bond acceptors (Lipinski definition) is 2. The highest BCUT2D eigenvalue weighted by atomic mass is 35.5. The van der Waals surface area contributed by atoms with E-state index in [9.17, 15) is 18.0 Å². The van der Waals surface area contributed by atoms with Crippen LogP contribution in [0.5, 0.6) is 0 Å². The van der Waals surface area contributed by atoms with Gasteiger partial charge >= 0.3 is 0 Å². The van der Waals surface area contributed by atoms with Gasteiger partial charge in [-0.3, -0.25) is 9.69 Å². The molecule has 0 aliphatic carbocycles. The highest BCUT2D eigenvalue weighted by Crippen LogP contribution is 2.48. The number of carbonyl (C=O) groups excluding carboxylic acids is 1. The molecule has 3 aromatic carbocycles. The highest BCUT2D eigenvalue weighted by molar-refractivity contribution is 6.31. The number of amides is 1. The Morgan fingerprint density at radius 2 is 1.65 bits per heavy atom. The van der Waals surface area contributed by atoms with E-state index in [-0.39, 0.29) is 17.4 Å². The Labute approximate surface area is 199 Å². The number of imidazole rings is 1. The van der Waals surface area contributed by atoms with E-state index < -0.39 is 22.9 Å². The average Bonchev–Trinajstić information content (AvgIpc) is 3.28. The van der Waals surface area contributed by atoms with Gasteiger partial charge in [-0.05, 0) is 72.0 Å². The number of fused-ring (bicyclic) bond motifs is 1. The normalized spacial score (nSPS) is 17.4. The Hall–Kier alpha value is -3.58. The SMILES string of the molecule is Cn1cnc(N2C(=O)C(C)(Cc3cc(F)cc(F)c3)c3cc(-c4ccc(F)c(Cl)c4)ccc32)c1. The zero-order valence-corrected chi connectivity index (χ0v) is 19.1. The molecule has 4 nitrogen and oxygen atoms in total. The molecule has 172 valence electrons. The first kappa shape index (κ1) is 22.2. The first-order valence-electron chi connectivity index (χ1n) is 10.5. The molecule has 1 amide bonds. The molecule has 1 atom stereocenters. The van der Waals surface area contributed by atoms with Crippen molar-refractivity contribution >= 4 is 29.0 Å². The summed E-state index contributed by atoms with van der Waals surface area (Å²) in [5.74, 6) is -1.76. The Bertz CT molecular complexity index is 1430. The summed E-state index contributed by atoms with van der Waals surface area (Å²) >= 11 is 5.98. The van der Waals surface area contributed by atoms with Crippen molar-refractivity contribution in [2.75, 3.05) is 4.90 Å². The van der Waals surface area contributed by atoms with Crippen LogP contribution in [0.2, 0.25) is 5.02 Å². The molecule has 0 fully saturated rings. The van der Waals surface area contributed by atoms with Gasteiger partial charge in [0.25, 0.3) is 0 Å². The lowest BCUT2D eigenvalue weighted by Crippen LogP contribution is -2.37. The molecular formula is C26H19ClF3N3O. The van der Waals surface area contributed by atoms with Crippen molar-refractivity contribution in [3.05, 3.63) is 101 Å². The zero-order chi connectivity index (χ0) is 24.2. The summed E-state index contributed by atoms with van der Waals surface area (Å²) in [6.45, 7) is 1.75. The molecule has 4 aromatic rings. The standard InChI is InChI=1S/C26H19ClF3N3O/c1-26(12-15-7-18(28)11-19(29)8-15)20-9-16(17-3-5-22(30)21(27)10-17)4-6-23(20)33(25(26)34)24-13-32(2)14-31-24/h3-11,13-14H,12H2,1-2H3. The zero-order valence-electron chi connectivity index (χ0n) is 18.3. The second kappa shape index (κ2) is 8.02. The van der Waals surface area contributed by atoms with Crippen molar-refractivity contribution < 1.29 is 18.0 Å². The van der Waals surface area contributed by atoms with Gasteiger partial charge in [0.2, 0.25) is 5.91 Å². The number of halogens is 4. The Morgan fingerprint density at radius 3 is 2.29 bits per heavy atom. The highest BCUT2D eigenvalue weighted by Gasteiger charge is 2.48. The van der Waals surface area contributed by atoms with Crippen molar-refractivity contribution in [2.45, 2.75) is 18.8 Å². The maximum Gasteiger partial charge on any atom is 0.243 e. The molecule has 0 saturated carbocycles. The summed E-state index contributed by atoms with van der Waals surface area (Å²) < 4.78 is 43.3. The summed E-state index contributed by atoms with van der Waals surface area (Å²) in [4.78, 5) is 19.7. The Balaban J connectivity index is 1.67. The van der Waals surface area contributed by atoms with Gasteiger partial charge in [-0.15, -0.1) is 0 Å². The van der Waals surface area contributed by atoms with Crippen molar-refractivity contribution in [1.29, 1.82) is 0 Å². The van der Waals surface area contributed by atoms with Gasteiger partial charge in [0.15, 0.2) is 5.82 Å². The van der Waals surface area contributed by atoms with Gasteiger partial charge in [-0.2, -0.15) is 0 Å². The second-order valence-electron chi connectivity index (χ2n) is 8.69. The minimum Gasteiger partial charge on any atom is -0.338 e. The number of rotatable bonds is 4. The summed E-state index contributed by atoms with van der Waals surface area (Å²) in [6.07, 6.45) is 3.39. The van der Waals surface area contributed by atoms with E-state index >= 15 is 0 Å². The second-order valence-corrected chi connectivity index (χ2v) is 9.09. The molecule has 0 N–H and O–H groups in total. The molecule has 1 aromatic heterocycles. The number of benzene rings is 3. The third kappa shape index (κ3) is 3.66. The van der Waals surface area contributed by atoms with E-state index in [4.69, 9.17) is 11.6 Å². The van der Waals surface area contributed by atoms with Crippen LogP contribution in [0.3, 0.4) is 0 Å². The fourth-order valence-electron chi connectivity index (χ4n) is 4.53. The van der Waals surface area contributed by atoms with E-state index in [2.05, 4.69) is 4.98 Å². The van der Waals surface area contributed by atoms with E-state index in [1.54, 1.807) is 43.2 Å². The third-order valence-electron chi connectivity index (χ3n) is 6.16. The summed E-state index contributed by atoms with van der Waals surface area (Å²) in [7, 11) is 1.80. The van der Waals surface area contributed by atoms with Gasteiger partial charge in [-0.1, -0.05) is 23.7 Å². The number of carbonyl (C=O) groups is 1. The van der Waals surface area contributed by atoms with Gasteiger partial charge in [-0.25, -0.2) is 18.2 Å². The summed E-state index contributed by atoms with van der Waals surface area (Å²) in [6, 6.07) is 13.1. The number of anilines is 2. The maximum absolute atomic E-state index is 13.9. The lowest BCUT2D eigenvalue weighted by Gasteiger charge is -2.24. The van der Waals surface area contributed by atoms with Crippen LogP contribution in [0.25, 0.3) is 11.1 Å². The fourth-order valence-corrected chi connectivity index (χ4v) is 4.71. The van der Waals surface area contributed by atoms with Crippen LogP contribution in [-0.4, -0.2) is 15.5 Å². The van der Waals surface area contributed by atoms with Crippen molar-refractivity contribution in [2.24, 2.45) is 7.05 Å². The van der Waals surface area contributed by atoms with E-state index in [0.717, 1.165) is 11.6 Å². The van der Waals surface area contributed by atoms with Gasteiger partial charge < -0.3 is 4.57 Å². The van der Waals surface area contributed by atoms with Gasteiger partial charge in [0.05, 0.1) is 22.5 Å². The van der Waals surface area contributed by atoms with Crippen molar-refractivity contribution in [3.63, 3.8) is 0 Å². The molecule has 0 bridgehead atoms. The summed E-state index contributed by atoms with van der Waals surface area (Å²) in [5.41, 5.74) is 1.93.